The molecule has 2 aliphatic heterocycles. The van der Waals surface area contributed by atoms with Crippen molar-refractivity contribution in [2.45, 2.75) is 6.10 Å². The average molecular weight is 417 g/mol. The van der Waals surface area contributed by atoms with Gasteiger partial charge in [0.15, 0.2) is 6.10 Å². The molecule has 0 bridgehead atoms. The van der Waals surface area contributed by atoms with Crippen LogP contribution in [0.2, 0.25) is 5.02 Å². The number of anilines is 1. The van der Waals surface area contributed by atoms with E-state index in [2.05, 4.69) is 0 Å². The molecule has 7 nitrogen and oxygen atoms in total. The first-order chi connectivity index (χ1) is 14.1. The fourth-order valence-electron chi connectivity index (χ4n) is 3.54. The number of fused-ring (bicyclic) bond motifs is 1. The highest BCUT2D eigenvalue weighted by Gasteiger charge is 2.37. The number of rotatable bonds is 3. The minimum atomic E-state index is -0.794. The third-order valence-corrected chi connectivity index (χ3v) is 5.24. The third-order valence-electron chi connectivity index (χ3n) is 5.01. The van der Waals surface area contributed by atoms with E-state index >= 15 is 0 Å². The molecule has 0 radical (unpaired) electrons. The first-order valence-electron chi connectivity index (χ1n) is 9.36. The Kier molecular flexibility index (Phi) is 5.60. The first kappa shape index (κ1) is 19.5. The van der Waals surface area contributed by atoms with Gasteiger partial charge in [-0.05, 0) is 30.3 Å². The Hall–Kier alpha value is -2.77. The molecule has 2 aromatic carbocycles. The lowest BCUT2D eigenvalue weighted by atomic mass is 10.1. The number of para-hydroxylation sites is 2. The van der Waals surface area contributed by atoms with Crippen molar-refractivity contribution < 1.29 is 23.8 Å². The topological polar surface area (TPSA) is 68.3 Å². The number of amides is 2. The van der Waals surface area contributed by atoms with Crippen LogP contribution < -0.4 is 14.4 Å². The van der Waals surface area contributed by atoms with Gasteiger partial charge >= 0.3 is 0 Å². The van der Waals surface area contributed by atoms with Gasteiger partial charge in [-0.1, -0.05) is 23.7 Å². The van der Waals surface area contributed by atoms with Crippen molar-refractivity contribution in [3.8, 4) is 11.5 Å². The molecular formula is C21H21ClN2O5. The van der Waals surface area contributed by atoms with Gasteiger partial charge in [-0.15, -0.1) is 0 Å². The smallest absolute Gasteiger partial charge is 0.265 e. The number of hydrogen-bond acceptors (Lipinski definition) is 5. The van der Waals surface area contributed by atoms with Gasteiger partial charge < -0.3 is 24.0 Å². The molecule has 2 aromatic rings. The van der Waals surface area contributed by atoms with E-state index < -0.39 is 6.10 Å². The quantitative estimate of drug-likeness (QED) is 0.769. The number of methoxy groups -OCH3 is 1. The number of carbonyl (C=O) groups excluding carboxylic acids is 2. The fourth-order valence-corrected chi connectivity index (χ4v) is 3.71. The summed E-state index contributed by atoms with van der Waals surface area (Å²) in [7, 11) is 1.50. The highest BCUT2D eigenvalue weighted by Crippen LogP contribution is 2.36. The Morgan fingerprint density at radius 1 is 1.14 bits per heavy atom. The van der Waals surface area contributed by atoms with Crippen molar-refractivity contribution in [1.29, 1.82) is 0 Å². The summed E-state index contributed by atoms with van der Waals surface area (Å²) in [5, 5.41) is 0.427. The van der Waals surface area contributed by atoms with E-state index in [1.807, 2.05) is 12.1 Å². The van der Waals surface area contributed by atoms with E-state index in [-0.39, 0.29) is 18.4 Å². The van der Waals surface area contributed by atoms with Gasteiger partial charge in [-0.25, -0.2) is 0 Å². The largest absolute Gasteiger partial charge is 0.496 e. The van der Waals surface area contributed by atoms with Crippen LogP contribution in [-0.4, -0.2) is 62.8 Å². The lowest BCUT2D eigenvalue weighted by Gasteiger charge is -2.37. The molecule has 0 aromatic heterocycles. The second kappa shape index (κ2) is 8.31. The summed E-state index contributed by atoms with van der Waals surface area (Å²) in [6, 6.07) is 12.1. The molecule has 152 valence electrons. The van der Waals surface area contributed by atoms with Crippen LogP contribution in [0.25, 0.3) is 0 Å². The maximum absolute atomic E-state index is 13.4. The van der Waals surface area contributed by atoms with Crippen LogP contribution in [0.5, 0.6) is 11.5 Å². The molecule has 0 spiro atoms. The van der Waals surface area contributed by atoms with Crippen LogP contribution >= 0.6 is 11.6 Å². The van der Waals surface area contributed by atoms with Crippen LogP contribution in [0.3, 0.4) is 0 Å². The second-order valence-corrected chi connectivity index (χ2v) is 7.21. The van der Waals surface area contributed by atoms with E-state index in [0.29, 0.717) is 54.1 Å². The van der Waals surface area contributed by atoms with E-state index in [1.54, 1.807) is 40.1 Å². The molecule has 29 heavy (non-hydrogen) atoms. The lowest BCUT2D eigenvalue weighted by molar-refractivity contribution is -0.142. The van der Waals surface area contributed by atoms with Gasteiger partial charge in [0.25, 0.3) is 11.8 Å². The molecule has 0 saturated carbocycles. The molecule has 4 rings (SSSR count). The summed E-state index contributed by atoms with van der Waals surface area (Å²) in [5.41, 5.74) is 0.930. The summed E-state index contributed by atoms with van der Waals surface area (Å²) in [4.78, 5) is 29.7. The molecule has 2 aliphatic rings. The number of benzene rings is 2. The van der Waals surface area contributed by atoms with Crippen molar-refractivity contribution in [2.24, 2.45) is 0 Å². The molecule has 1 unspecified atom stereocenters. The highest BCUT2D eigenvalue weighted by atomic mass is 35.5. The number of nitrogens with zero attached hydrogens (tertiary/aromatic N) is 2. The van der Waals surface area contributed by atoms with Crippen molar-refractivity contribution in [2.75, 3.05) is 44.9 Å². The Labute approximate surface area is 173 Å². The van der Waals surface area contributed by atoms with E-state index in [4.69, 9.17) is 25.8 Å². The molecule has 2 amide bonds. The summed E-state index contributed by atoms with van der Waals surface area (Å²) in [5.74, 6) is 0.442. The molecular weight excluding hydrogens is 396 g/mol. The zero-order chi connectivity index (χ0) is 20.4. The van der Waals surface area contributed by atoms with Crippen LogP contribution in [0.15, 0.2) is 42.5 Å². The normalized spacial score (nSPS) is 18.6. The zero-order valence-corrected chi connectivity index (χ0v) is 16.7. The minimum absolute atomic E-state index is 0.0989. The summed E-state index contributed by atoms with van der Waals surface area (Å²) >= 11 is 6.11. The summed E-state index contributed by atoms with van der Waals surface area (Å²) in [6.07, 6.45) is -0.794. The lowest BCUT2D eigenvalue weighted by Crippen LogP contribution is -2.54. The van der Waals surface area contributed by atoms with E-state index in [0.717, 1.165) is 0 Å². The van der Waals surface area contributed by atoms with E-state index in [1.165, 1.54) is 7.11 Å². The Bertz CT molecular complexity index is 929. The first-order valence-corrected chi connectivity index (χ1v) is 9.74. The molecule has 2 heterocycles. The highest BCUT2D eigenvalue weighted by molar-refractivity contribution is 6.31. The number of hydrogen-bond donors (Lipinski definition) is 0. The van der Waals surface area contributed by atoms with Gasteiger partial charge in [0.1, 0.15) is 11.5 Å². The Morgan fingerprint density at radius 2 is 1.90 bits per heavy atom. The van der Waals surface area contributed by atoms with E-state index in [9.17, 15) is 9.59 Å². The molecule has 0 N–H and O–H groups in total. The van der Waals surface area contributed by atoms with Crippen molar-refractivity contribution in [3.05, 3.63) is 53.1 Å². The van der Waals surface area contributed by atoms with Crippen molar-refractivity contribution >= 4 is 29.1 Å². The Morgan fingerprint density at radius 3 is 2.66 bits per heavy atom. The molecule has 8 heteroatoms. The van der Waals surface area contributed by atoms with Crippen LogP contribution in [-0.2, 0) is 9.53 Å². The Balaban J connectivity index is 1.67. The molecule has 1 atom stereocenters. The van der Waals surface area contributed by atoms with Gasteiger partial charge in [-0.3, -0.25) is 9.59 Å². The SMILES string of the molecule is COc1ccc(Cl)cc1C(=O)N1CC(C(=O)N2CCOCC2)Oc2ccccc21. The molecule has 0 aliphatic carbocycles. The maximum atomic E-state index is 13.4. The number of morpholine rings is 1. The predicted molar refractivity (Wildman–Crippen MR) is 108 cm³/mol. The number of carbonyl (C=O) groups is 2. The zero-order valence-electron chi connectivity index (χ0n) is 16.0. The standard InChI is InChI=1S/C21H21ClN2O5/c1-27-17-7-6-14(22)12-15(17)20(25)24-13-19(21(26)23-8-10-28-11-9-23)29-18-5-3-2-4-16(18)24/h2-7,12,19H,8-11,13H2,1H3. The van der Waals surface area contributed by atoms with Crippen LogP contribution in [0.1, 0.15) is 10.4 Å². The third kappa shape index (κ3) is 3.88. The molecule has 1 saturated heterocycles. The van der Waals surface area contributed by atoms with Crippen molar-refractivity contribution in [3.63, 3.8) is 0 Å². The van der Waals surface area contributed by atoms with Gasteiger partial charge in [-0.2, -0.15) is 0 Å². The fraction of sp³-hybridized carbons (Fsp3) is 0.333. The van der Waals surface area contributed by atoms with Crippen LogP contribution in [0, 0.1) is 0 Å². The van der Waals surface area contributed by atoms with Gasteiger partial charge in [0, 0.05) is 18.1 Å². The van der Waals surface area contributed by atoms with Crippen LogP contribution in [0.4, 0.5) is 5.69 Å². The second-order valence-electron chi connectivity index (χ2n) is 6.77. The number of halogens is 1. The van der Waals surface area contributed by atoms with Gasteiger partial charge in [0.2, 0.25) is 0 Å². The molecule has 1 fully saturated rings. The predicted octanol–water partition coefficient (Wildman–Crippen LogP) is 2.62. The maximum Gasteiger partial charge on any atom is 0.265 e. The minimum Gasteiger partial charge on any atom is -0.496 e. The summed E-state index contributed by atoms with van der Waals surface area (Å²) in [6.45, 7) is 2.11. The number of ether oxygens (including phenoxy) is 3. The average Bonchev–Trinajstić information content (AvgIpc) is 2.78. The van der Waals surface area contributed by atoms with Gasteiger partial charge in [0.05, 0.1) is 38.1 Å². The monoisotopic (exact) mass is 416 g/mol. The van der Waals surface area contributed by atoms with Crippen molar-refractivity contribution in [1.82, 2.24) is 4.90 Å². The summed E-state index contributed by atoms with van der Waals surface area (Å²) < 4.78 is 16.6.